The monoisotopic (exact) mass is 517 g/mol. The van der Waals surface area contributed by atoms with E-state index >= 15 is 0 Å². The summed E-state index contributed by atoms with van der Waals surface area (Å²) >= 11 is 0. The number of rotatable bonds is 5. The van der Waals surface area contributed by atoms with Crippen LogP contribution in [-0.2, 0) is 17.1 Å². The SMILES string of the molecule is CC(C)C(NC(=O)Nc1cccc(C(F)(F)F)c1)C(=O)N1CCN(c2ncccc2C(F)(F)F)CC1. The molecule has 2 N–H and O–H groups in total. The molecule has 1 fully saturated rings. The van der Waals surface area contributed by atoms with E-state index in [0.717, 1.165) is 24.3 Å². The molecule has 0 aliphatic carbocycles. The maximum absolute atomic E-state index is 13.3. The molecule has 1 aromatic heterocycles. The smallest absolute Gasteiger partial charge is 0.353 e. The van der Waals surface area contributed by atoms with E-state index in [2.05, 4.69) is 15.6 Å². The van der Waals surface area contributed by atoms with Crippen LogP contribution in [0, 0.1) is 5.92 Å². The fourth-order valence-corrected chi connectivity index (χ4v) is 3.80. The van der Waals surface area contributed by atoms with E-state index in [-0.39, 0.29) is 43.6 Å². The first-order chi connectivity index (χ1) is 16.8. The fourth-order valence-electron chi connectivity index (χ4n) is 3.80. The van der Waals surface area contributed by atoms with Crippen molar-refractivity contribution in [3.05, 3.63) is 53.7 Å². The van der Waals surface area contributed by atoms with Crippen LogP contribution in [0.1, 0.15) is 25.0 Å². The fraction of sp³-hybridized carbons (Fsp3) is 0.435. The zero-order valence-corrected chi connectivity index (χ0v) is 19.5. The first-order valence-corrected chi connectivity index (χ1v) is 11.1. The number of carbonyl (C=O) groups excluding carboxylic acids is 2. The number of halogens is 6. The topological polar surface area (TPSA) is 77.6 Å². The largest absolute Gasteiger partial charge is 0.419 e. The van der Waals surface area contributed by atoms with Crippen molar-refractivity contribution in [3.8, 4) is 0 Å². The molecule has 1 saturated heterocycles. The summed E-state index contributed by atoms with van der Waals surface area (Å²) in [5.41, 5.74) is -1.89. The molecule has 2 heterocycles. The van der Waals surface area contributed by atoms with Crippen molar-refractivity contribution in [2.24, 2.45) is 5.92 Å². The Kier molecular flexibility index (Phi) is 7.99. The molecule has 7 nitrogen and oxygen atoms in total. The van der Waals surface area contributed by atoms with Crippen LogP contribution in [0.25, 0.3) is 0 Å². The molecular formula is C23H25F6N5O2. The van der Waals surface area contributed by atoms with Gasteiger partial charge in [-0.25, -0.2) is 9.78 Å². The van der Waals surface area contributed by atoms with Gasteiger partial charge in [0.2, 0.25) is 5.91 Å². The maximum Gasteiger partial charge on any atom is 0.419 e. The highest BCUT2D eigenvalue weighted by Gasteiger charge is 2.37. The molecule has 1 unspecified atom stereocenters. The number of amides is 3. The van der Waals surface area contributed by atoms with Crippen molar-refractivity contribution in [2.75, 3.05) is 36.4 Å². The molecule has 196 valence electrons. The van der Waals surface area contributed by atoms with Crippen LogP contribution in [0.5, 0.6) is 0 Å². The van der Waals surface area contributed by atoms with Gasteiger partial charge in [0.25, 0.3) is 0 Å². The van der Waals surface area contributed by atoms with Gasteiger partial charge in [0, 0.05) is 38.1 Å². The Balaban J connectivity index is 1.63. The number of hydrogen-bond acceptors (Lipinski definition) is 4. The van der Waals surface area contributed by atoms with E-state index in [4.69, 9.17) is 0 Å². The Morgan fingerprint density at radius 2 is 1.61 bits per heavy atom. The van der Waals surface area contributed by atoms with Crippen LogP contribution in [0.3, 0.4) is 0 Å². The number of pyridine rings is 1. The lowest BCUT2D eigenvalue weighted by Crippen LogP contribution is -2.57. The number of nitrogens with one attached hydrogen (secondary N) is 2. The maximum atomic E-state index is 13.3. The van der Waals surface area contributed by atoms with E-state index in [1.807, 2.05) is 0 Å². The highest BCUT2D eigenvalue weighted by atomic mass is 19.4. The molecule has 1 aromatic carbocycles. The summed E-state index contributed by atoms with van der Waals surface area (Å²) in [7, 11) is 0. The van der Waals surface area contributed by atoms with Gasteiger partial charge in [-0.1, -0.05) is 19.9 Å². The van der Waals surface area contributed by atoms with Gasteiger partial charge in [0.05, 0.1) is 11.1 Å². The molecule has 13 heteroatoms. The first-order valence-electron chi connectivity index (χ1n) is 11.1. The van der Waals surface area contributed by atoms with Crippen molar-refractivity contribution in [1.29, 1.82) is 0 Å². The summed E-state index contributed by atoms with van der Waals surface area (Å²) in [6.07, 6.45) is -7.89. The predicted octanol–water partition coefficient (Wildman–Crippen LogP) is 4.61. The Labute approximate surface area is 203 Å². The first kappa shape index (κ1) is 27.1. The van der Waals surface area contributed by atoms with E-state index in [1.54, 1.807) is 13.8 Å². The van der Waals surface area contributed by atoms with Crippen LogP contribution in [-0.4, -0.2) is 54.0 Å². The number of piperazine rings is 1. The van der Waals surface area contributed by atoms with Gasteiger partial charge in [-0.3, -0.25) is 4.79 Å². The number of benzene rings is 1. The number of urea groups is 1. The third kappa shape index (κ3) is 6.58. The molecule has 1 atom stereocenters. The Bertz CT molecular complexity index is 1080. The molecule has 1 aliphatic heterocycles. The van der Waals surface area contributed by atoms with Crippen LogP contribution < -0.4 is 15.5 Å². The minimum Gasteiger partial charge on any atom is -0.353 e. The minimum absolute atomic E-state index is 0.0956. The van der Waals surface area contributed by atoms with Crippen molar-refractivity contribution >= 4 is 23.4 Å². The molecule has 3 rings (SSSR count). The second-order valence-electron chi connectivity index (χ2n) is 8.58. The third-order valence-electron chi connectivity index (χ3n) is 5.65. The van der Waals surface area contributed by atoms with Crippen molar-refractivity contribution in [2.45, 2.75) is 32.2 Å². The molecule has 2 aromatic rings. The second-order valence-corrected chi connectivity index (χ2v) is 8.58. The molecule has 3 amide bonds. The summed E-state index contributed by atoms with van der Waals surface area (Å²) in [6.45, 7) is 3.79. The molecule has 36 heavy (non-hydrogen) atoms. The van der Waals surface area contributed by atoms with Gasteiger partial charge < -0.3 is 20.4 Å². The van der Waals surface area contributed by atoms with E-state index < -0.39 is 41.5 Å². The summed E-state index contributed by atoms with van der Waals surface area (Å²) in [6, 6.07) is 4.37. The summed E-state index contributed by atoms with van der Waals surface area (Å²) in [4.78, 5) is 32.3. The molecule has 1 aliphatic rings. The molecule has 0 spiro atoms. The lowest BCUT2D eigenvalue weighted by molar-refractivity contribution is -0.138. The number of hydrogen-bond donors (Lipinski definition) is 2. The van der Waals surface area contributed by atoms with Crippen LogP contribution in [0.2, 0.25) is 0 Å². The zero-order valence-electron chi connectivity index (χ0n) is 19.5. The number of aromatic nitrogens is 1. The molecule has 0 bridgehead atoms. The summed E-state index contributed by atoms with van der Waals surface area (Å²) < 4.78 is 78.7. The van der Waals surface area contributed by atoms with Gasteiger partial charge in [0.15, 0.2) is 0 Å². The van der Waals surface area contributed by atoms with Crippen LogP contribution >= 0.6 is 0 Å². The number of anilines is 2. The van der Waals surface area contributed by atoms with Crippen molar-refractivity contribution in [3.63, 3.8) is 0 Å². The second kappa shape index (κ2) is 10.6. The molecule has 0 saturated carbocycles. The quantitative estimate of drug-likeness (QED) is 0.568. The molecular weight excluding hydrogens is 492 g/mol. The average molecular weight is 517 g/mol. The van der Waals surface area contributed by atoms with Gasteiger partial charge in [-0.05, 0) is 36.2 Å². The van der Waals surface area contributed by atoms with Crippen molar-refractivity contribution < 1.29 is 35.9 Å². The number of carbonyl (C=O) groups is 2. The Morgan fingerprint density at radius 1 is 0.944 bits per heavy atom. The van der Waals surface area contributed by atoms with E-state index in [9.17, 15) is 35.9 Å². The minimum atomic E-state index is -4.58. The van der Waals surface area contributed by atoms with Crippen LogP contribution in [0.15, 0.2) is 42.6 Å². The number of nitrogens with zero attached hydrogens (tertiary/aromatic N) is 3. The average Bonchev–Trinajstić information content (AvgIpc) is 2.81. The van der Waals surface area contributed by atoms with Gasteiger partial charge >= 0.3 is 18.4 Å². The lowest BCUT2D eigenvalue weighted by atomic mass is 10.0. The van der Waals surface area contributed by atoms with Gasteiger partial charge in [-0.15, -0.1) is 0 Å². The Hall–Kier alpha value is -3.51. The van der Waals surface area contributed by atoms with E-state index in [1.165, 1.54) is 28.1 Å². The number of alkyl halides is 6. The van der Waals surface area contributed by atoms with Gasteiger partial charge in [0.1, 0.15) is 11.9 Å². The highest BCUT2D eigenvalue weighted by molar-refractivity contribution is 5.94. The molecule has 0 radical (unpaired) electrons. The van der Waals surface area contributed by atoms with Crippen molar-refractivity contribution in [1.82, 2.24) is 15.2 Å². The third-order valence-corrected chi connectivity index (χ3v) is 5.65. The summed E-state index contributed by atoms with van der Waals surface area (Å²) in [5, 5.41) is 4.80. The normalized spacial score (nSPS) is 15.6. The van der Waals surface area contributed by atoms with Crippen LogP contribution in [0.4, 0.5) is 42.6 Å². The predicted molar refractivity (Wildman–Crippen MR) is 120 cm³/mol. The summed E-state index contributed by atoms with van der Waals surface area (Å²) in [5.74, 6) is -1.02. The van der Waals surface area contributed by atoms with E-state index in [0.29, 0.717) is 0 Å². The Morgan fingerprint density at radius 3 is 2.19 bits per heavy atom. The van der Waals surface area contributed by atoms with Gasteiger partial charge in [-0.2, -0.15) is 26.3 Å². The standard InChI is InChI=1S/C23H25F6N5O2/c1-14(2)18(32-21(36)31-16-6-3-5-15(13-16)22(24,25)26)20(35)34-11-9-33(10-12-34)19-17(23(27,28)29)7-4-8-30-19/h3-8,13-14,18H,9-12H2,1-2H3,(H2,31,32,36). The lowest BCUT2D eigenvalue weighted by Gasteiger charge is -2.38. The highest BCUT2D eigenvalue weighted by Crippen LogP contribution is 2.35. The zero-order chi connectivity index (χ0) is 26.7.